The molecule has 0 aliphatic carbocycles. The predicted octanol–water partition coefficient (Wildman–Crippen LogP) is 2.02. The molecule has 1 aliphatic heterocycles. The number of nitrogens with one attached hydrogen (secondary N) is 2. The van der Waals surface area contributed by atoms with Crippen molar-refractivity contribution in [1.82, 2.24) is 4.98 Å². The molecule has 1 aromatic heterocycles. The van der Waals surface area contributed by atoms with Crippen molar-refractivity contribution in [3.8, 4) is 11.5 Å². The molecule has 178 valence electrons. The van der Waals surface area contributed by atoms with Gasteiger partial charge in [-0.15, -0.1) is 0 Å². The van der Waals surface area contributed by atoms with Crippen molar-refractivity contribution in [3.63, 3.8) is 0 Å². The molecule has 13 heteroatoms. The first-order chi connectivity index (χ1) is 16.1. The number of benzene rings is 2. The van der Waals surface area contributed by atoms with Gasteiger partial charge in [0, 0.05) is 18.0 Å². The number of ether oxygens (including phenoxy) is 2. The van der Waals surface area contributed by atoms with Gasteiger partial charge in [0.2, 0.25) is 22.7 Å². The van der Waals surface area contributed by atoms with E-state index in [0.29, 0.717) is 17.2 Å². The molecule has 0 saturated heterocycles. The molecule has 0 spiro atoms. The first kappa shape index (κ1) is 23.3. The Balaban J connectivity index is 1.45. The molecule has 3 aromatic rings. The highest BCUT2D eigenvalue weighted by Gasteiger charge is 2.24. The summed E-state index contributed by atoms with van der Waals surface area (Å²) in [5.74, 6) is 0.409. The highest BCUT2D eigenvalue weighted by molar-refractivity contribution is 7.92. The summed E-state index contributed by atoms with van der Waals surface area (Å²) in [7, 11) is -7.67. The standard InChI is InChI=1S/C21H20N4O7S2/c1-33(27,28)25(16-7-10-18-19(12-16)32-14-31-18)13-21(26)23-15-5-8-17(9-6-15)34(29,30)24-20-4-2-3-11-22-20/h2-12H,13-14H2,1H3,(H,22,24)(H,23,26). The van der Waals surface area contributed by atoms with Crippen molar-refractivity contribution in [2.75, 3.05) is 33.9 Å². The summed E-state index contributed by atoms with van der Waals surface area (Å²) < 4.78 is 63.4. The third-order valence-electron chi connectivity index (χ3n) is 4.68. The molecule has 0 saturated carbocycles. The Morgan fingerprint density at radius 2 is 1.74 bits per heavy atom. The van der Waals surface area contributed by atoms with Gasteiger partial charge < -0.3 is 14.8 Å². The van der Waals surface area contributed by atoms with Crippen LogP contribution in [0.4, 0.5) is 17.2 Å². The maximum Gasteiger partial charge on any atom is 0.263 e. The Labute approximate surface area is 196 Å². The zero-order valence-corrected chi connectivity index (χ0v) is 19.5. The molecule has 0 radical (unpaired) electrons. The third-order valence-corrected chi connectivity index (χ3v) is 7.20. The van der Waals surface area contributed by atoms with Crippen LogP contribution in [0.25, 0.3) is 0 Å². The van der Waals surface area contributed by atoms with Gasteiger partial charge in [0.05, 0.1) is 16.8 Å². The van der Waals surface area contributed by atoms with Crippen LogP contribution in [-0.4, -0.2) is 47.3 Å². The molecule has 1 amide bonds. The SMILES string of the molecule is CS(=O)(=O)N(CC(=O)Nc1ccc(S(=O)(=O)Nc2ccccn2)cc1)c1ccc2c(c1)OCO2. The lowest BCUT2D eigenvalue weighted by molar-refractivity contribution is -0.114. The number of nitrogens with zero attached hydrogens (tertiary/aromatic N) is 2. The van der Waals surface area contributed by atoms with Gasteiger partial charge >= 0.3 is 0 Å². The van der Waals surface area contributed by atoms with E-state index >= 15 is 0 Å². The van der Waals surface area contributed by atoms with Gasteiger partial charge in [0.15, 0.2) is 11.5 Å². The fourth-order valence-corrected chi connectivity index (χ4v) is 4.97. The fourth-order valence-electron chi connectivity index (χ4n) is 3.11. The van der Waals surface area contributed by atoms with Crippen LogP contribution < -0.4 is 23.8 Å². The number of anilines is 3. The monoisotopic (exact) mass is 504 g/mol. The van der Waals surface area contributed by atoms with Gasteiger partial charge in [-0.05, 0) is 48.5 Å². The van der Waals surface area contributed by atoms with E-state index in [2.05, 4.69) is 15.0 Å². The lowest BCUT2D eigenvalue weighted by Gasteiger charge is -2.22. The number of hydrogen-bond donors (Lipinski definition) is 2. The van der Waals surface area contributed by atoms with Crippen LogP contribution in [0.15, 0.2) is 71.8 Å². The molecule has 0 bridgehead atoms. The average molecular weight is 505 g/mol. The lowest BCUT2D eigenvalue weighted by Crippen LogP contribution is -2.37. The number of carbonyl (C=O) groups excluding carboxylic acids is 1. The van der Waals surface area contributed by atoms with Crippen LogP contribution in [-0.2, 0) is 24.8 Å². The van der Waals surface area contributed by atoms with Gasteiger partial charge in [-0.1, -0.05) is 6.07 Å². The van der Waals surface area contributed by atoms with Crippen LogP contribution in [0.2, 0.25) is 0 Å². The Hall–Kier alpha value is -3.84. The quantitative estimate of drug-likeness (QED) is 0.474. The zero-order chi connectivity index (χ0) is 24.3. The van der Waals surface area contributed by atoms with Crippen LogP contribution in [0, 0.1) is 0 Å². The molecular weight excluding hydrogens is 484 g/mol. The summed E-state index contributed by atoms with van der Waals surface area (Å²) in [5.41, 5.74) is 0.532. The van der Waals surface area contributed by atoms with E-state index in [9.17, 15) is 21.6 Å². The largest absolute Gasteiger partial charge is 0.454 e. The van der Waals surface area contributed by atoms with Gasteiger partial charge in [-0.3, -0.25) is 13.8 Å². The molecule has 4 rings (SSSR count). The van der Waals surface area contributed by atoms with Crippen LogP contribution in [0.3, 0.4) is 0 Å². The van der Waals surface area contributed by atoms with E-state index in [-0.39, 0.29) is 23.2 Å². The first-order valence-corrected chi connectivity index (χ1v) is 13.2. The third kappa shape index (κ3) is 5.38. The highest BCUT2D eigenvalue weighted by atomic mass is 32.2. The van der Waals surface area contributed by atoms with Crippen molar-refractivity contribution < 1.29 is 31.1 Å². The van der Waals surface area contributed by atoms with E-state index in [1.807, 2.05) is 0 Å². The molecule has 0 fully saturated rings. The van der Waals surface area contributed by atoms with Crippen molar-refractivity contribution in [2.45, 2.75) is 4.90 Å². The Morgan fingerprint density at radius 3 is 2.41 bits per heavy atom. The molecule has 2 aromatic carbocycles. The number of hydrogen-bond acceptors (Lipinski definition) is 8. The van der Waals surface area contributed by atoms with Gasteiger partial charge in [0.25, 0.3) is 10.0 Å². The second kappa shape index (κ2) is 9.19. The second-order valence-electron chi connectivity index (χ2n) is 7.20. The van der Waals surface area contributed by atoms with Crippen molar-refractivity contribution in [1.29, 1.82) is 0 Å². The smallest absolute Gasteiger partial charge is 0.263 e. The Bertz CT molecular complexity index is 1410. The second-order valence-corrected chi connectivity index (χ2v) is 10.8. The number of carbonyl (C=O) groups is 1. The predicted molar refractivity (Wildman–Crippen MR) is 125 cm³/mol. The first-order valence-electron chi connectivity index (χ1n) is 9.83. The molecule has 34 heavy (non-hydrogen) atoms. The molecule has 1 aliphatic rings. The molecular formula is C21H20N4O7S2. The summed E-state index contributed by atoms with van der Waals surface area (Å²) in [6.45, 7) is -0.471. The van der Waals surface area contributed by atoms with E-state index in [1.165, 1.54) is 48.7 Å². The van der Waals surface area contributed by atoms with Gasteiger partial charge in [0.1, 0.15) is 12.4 Å². The summed E-state index contributed by atoms with van der Waals surface area (Å²) in [4.78, 5) is 16.5. The number of pyridine rings is 1. The highest BCUT2D eigenvalue weighted by Crippen LogP contribution is 2.36. The molecule has 0 atom stereocenters. The minimum Gasteiger partial charge on any atom is -0.454 e. The number of fused-ring (bicyclic) bond motifs is 1. The van der Waals surface area contributed by atoms with E-state index < -0.39 is 32.5 Å². The van der Waals surface area contributed by atoms with Crippen LogP contribution >= 0.6 is 0 Å². The molecule has 2 N–H and O–H groups in total. The summed E-state index contributed by atoms with van der Waals surface area (Å²) in [6.07, 6.45) is 2.44. The molecule has 0 unspecified atom stereocenters. The van der Waals surface area contributed by atoms with E-state index in [1.54, 1.807) is 18.2 Å². The van der Waals surface area contributed by atoms with E-state index in [4.69, 9.17) is 9.47 Å². The molecule has 2 heterocycles. The van der Waals surface area contributed by atoms with Crippen LogP contribution in [0.1, 0.15) is 0 Å². The summed E-state index contributed by atoms with van der Waals surface area (Å²) in [6, 6.07) is 14.8. The van der Waals surface area contributed by atoms with Crippen molar-refractivity contribution in [3.05, 3.63) is 66.9 Å². The summed E-state index contributed by atoms with van der Waals surface area (Å²) >= 11 is 0. The lowest BCUT2D eigenvalue weighted by atomic mass is 10.2. The number of amides is 1. The van der Waals surface area contributed by atoms with Crippen molar-refractivity contribution >= 4 is 43.1 Å². The zero-order valence-electron chi connectivity index (χ0n) is 17.8. The fraction of sp³-hybridized carbons (Fsp3) is 0.143. The summed E-state index contributed by atoms with van der Waals surface area (Å²) in [5, 5.41) is 2.57. The van der Waals surface area contributed by atoms with Crippen molar-refractivity contribution in [2.24, 2.45) is 0 Å². The van der Waals surface area contributed by atoms with Gasteiger partial charge in [-0.2, -0.15) is 0 Å². The maximum absolute atomic E-state index is 12.6. The maximum atomic E-state index is 12.6. The minimum absolute atomic E-state index is 0.0290. The minimum atomic E-state index is -3.87. The topological polar surface area (TPSA) is 144 Å². The van der Waals surface area contributed by atoms with Crippen LogP contribution in [0.5, 0.6) is 11.5 Å². The normalized spacial score (nSPS) is 12.7. The van der Waals surface area contributed by atoms with E-state index in [0.717, 1.165) is 10.6 Å². The van der Waals surface area contributed by atoms with Gasteiger partial charge in [-0.25, -0.2) is 21.8 Å². The molecule has 11 nitrogen and oxygen atoms in total. The number of rotatable bonds is 8. The number of sulfonamides is 2. The average Bonchev–Trinajstić information content (AvgIpc) is 3.25. The Kier molecular flexibility index (Phi) is 6.30. The Morgan fingerprint density at radius 1 is 1.00 bits per heavy atom. The number of aromatic nitrogens is 1.